The van der Waals surface area contributed by atoms with E-state index in [1.54, 1.807) is 31.3 Å². The number of nitrogens with zero attached hydrogens (tertiary/aromatic N) is 5. The maximum Gasteiger partial charge on any atom is 0.439 e. The van der Waals surface area contributed by atoms with E-state index in [0.29, 0.717) is 35.3 Å². The van der Waals surface area contributed by atoms with E-state index >= 15 is 0 Å². The number of carbonyl (C=O) groups is 2. The molecule has 1 aliphatic carbocycles. The minimum absolute atomic E-state index is 0.0264. The second kappa shape index (κ2) is 10.0. The smallest absolute Gasteiger partial charge is 0.408 e. The van der Waals surface area contributed by atoms with Gasteiger partial charge < -0.3 is 15.1 Å². The number of H-pyrrole nitrogens is 2. The highest BCUT2D eigenvalue weighted by molar-refractivity contribution is 7.71. The van der Waals surface area contributed by atoms with Crippen LogP contribution in [0, 0.1) is 4.77 Å². The molecule has 4 N–H and O–H groups in total. The SMILES string of the molecule is Cn1c(=O)oc2ccc(CNC(=O)c3cc(C(=O)N[C@H]4CCc5cc(-c6noc(=O)[nH]6)ccc54)n4c(=S)[nH]nc4n3)cc21. The van der Waals surface area contributed by atoms with Gasteiger partial charge in [-0.1, -0.05) is 23.4 Å². The van der Waals surface area contributed by atoms with Gasteiger partial charge in [0.1, 0.15) is 11.4 Å². The first kappa shape index (κ1) is 26.3. The molecule has 2 aromatic carbocycles. The maximum absolute atomic E-state index is 13.6. The monoisotopic (exact) mass is 599 g/mol. The Labute approximate surface area is 244 Å². The normalized spacial score (nSPS) is 14.3. The summed E-state index contributed by atoms with van der Waals surface area (Å²) in [4.78, 5) is 56.7. The Kier molecular flexibility index (Phi) is 6.12. The number of aromatic nitrogens is 7. The first-order chi connectivity index (χ1) is 20.7. The summed E-state index contributed by atoms with van der Waals surface area (Å²) in [5.41, 5.74) is 4.46. The fourth-order valence-electron chi connectivity index (χ4n) is 5.25. The van der Waals surface area contributed by atoms with Gasteiger partial charge in [0.15, 0.2) is 11.4 Å². The number of benzene rings is 2. The average molecular weight is 600 g/mol. The summed E-state index contributed by atoms with van der Waals surface area (Å²) in [6, 6.07) is 11.8. The molecule has 0 aliphatic heterocycles. The summed E-state index contributed by atoms with van der Waals surface area (Å²) >= 11 is 5.33. The van der Waals surface area contributed by atoms with E-state index in [1.807, 2.05) is 12.1 Å². The van der Waals surface area contributed by atoms with Gasteiger partial charge in [-0.25, -0.2) is 24.1 Å². The predicted molar refractivity (Wildman–Crippen MR) is 152 cm³/mol. The lowest BCUT2D eigenvalue weighted by Crippen LogP contribution is -2.30. The van der Waals surface area contributed by atoms with Crippen LogP contribution in [0.25, 0.3) is 28.3 Å². The minimum Gasteiger partial charge on any atom is -0.408 e. The largest absolute Gasteiger partial charge is 0.439 e. The molecule has 6 aromatic rings. The standard InChI is InChI=1S/C27H21N9O6S/c1-35-18-8-12(2-7-20(18)41-27(35)40)11-28-22(37)17-10-19(36-24(30-17)32-33-25(36)43)23(38)29-16-6-4-13-9-14(3-5-15(13)16)21-31-26(39)42-34-21/h2-3,5,7-10,16H,4,6,11H2,1H3,(H,28,37)(H,29,38)(H,33,43)(H,31,34,39)/t16-/m0/s1. The van der Waals surface area contributed by atoms with Crippen LogP contribution < -0.4 is 22.1 Å². The molecule has 0 fully saturated rings. The number of oxazole rings is 1. The van der Waals surface area contributed by atoms with Gasteiger partial charge >= 0.3 is 11.5 Å². The number of amides is 2. The maximum atomic E-state index is 13.6. The average Bonchev–Trinajstić information content (AvgIpc) is 3.78. The van der Waals surface area contributed by atoms with Crippen molar-refractivity contribution in [1.29, 1.82) is 0 Å². The van der Waals surface area contributed by atoms with Crippen molar-refractivity contribution in [1.82, 2.24) is 44.9 Å². The molecule has 1 aliphatic rings. The van der Waals surface area contributed by atoms with Gasteiger partial charge in [0, 0.05) is 19.2 Å². The van der Waals surface area contributed by atoms with Gasteiger partial charge in [-0.2, -0.15) is 0 Å². The summed E-state index contributed by atoms with van der Waals surface area (Å²) in [5, 5.41) is 16.2. The number of hydrogen-bond donors (Lipinski definition) is 4. The Morgan fingerprint density at radius 2 is 2.00 bits per heavy atom. The van der Waals surface area contributed by atoms with Crippen LogP contribution in [-0.2, 0) is 20.0 Å². The quantitative estimate of drug-likeness (QED) is 0.205. The summed E-state index contributed by atoms with van der Waals surface area (Å²) < 4.78 is 12.6. The van der Waals surface area contributed by atoms with Crippen molar-refractivity contribution in [3.05, 3.63) is 96.4 Å². The zero-order chi connectivity index (χ0) is 29.8. The number of hydrogen-bond acceptors (Lipinski definition) is 10. The third-order valence-corrected chi connectivity index (χ3v) is 7.68. The van der Waals surface area contributed by atoms with Gasteiger partial charge in [-0.15, -0.1) is 5.10 Å². The van der Waals surface area contributed by atoms with Crippen LogP contribution in [0.5, 0.6) is 0 Å². The number of aryl methyl sites for hydroxylation is 2. The first-order valence-electron chi connectivity index (χ1n) is 13.1. The van der Waals surface area contributed by atoms with Crippen LogP contribution in [0.2, 0.25) is 0 Å². The Morgan fingerprint density at radius 3 is 2.81 bits per heavy atom. The van der Waals surface area contributed by atoms with Crippen molar-refractivity contribution >= 4 is 40.9 Å². The van der Waals surface area contributed by atoms with E-state index in [0.717, 1.165) is 16.7 Å². The molecule has 7 rings (SSSR count). The van der Waals surface area contributed by atoms with E-state index in [4.69, 9.17) is 16.6 Å². The van der Waals surface area contributed by atoms with Gasteiger partial charge in [0.05, 0.1) is 11.6 Å². The lowest BCUT2D eigenvalue weighted by Gasteiger charge is -2.15. The first-order valence-corrected chi connectivity index (χ1v) is 13.5. The molecule has 0 unspecified atom stereocenters. The molecule has 1 atom stereocenters. The van der Waals surface area contributed by atoms with E-state index in [-0.39, 0.29) is 34.5 Å². The minimum atomic E-state index is -0.640. The molecule has 43 heavy (non-hydrogen) atoms. The Morgan fingerprint density at radius 1 is 1.14 bits per heavy atom. The molecule has 4 heterocycles. The predicted octanol–water partition coefficient (Wildman–Crippen LogP) is 1.92. The van der Waals surface area contributed by atoms with Crippen molar-refractivity contribution in [2.45, 2.75) is 25.4 Å². The van der Waals surface area contributed by atoms with Crippen LogP contribution in [0.3, 0.4) is 0 Å². The van der Waals surface area contributed by atoms with Crippen LogP contribution in [0.15, 0.2) is 61.0 Å². The zero-order valence-electron chi connectivity index (χ0n) is 22.3. The molecular formula is C27H21N9O6S. The summed E-state index contributed by atoms with van der Waals surface area (Å²) in [6.07, 6.45) is 1.34. The van der Waals surface area contributed by atoms with E-state index < -0.39 is 23.3 Å². The van der Waals surface area contributed by atoms with Crippen molar-refractivity contribution in [2.75, 3.05) is 0 Å². The van der Waals surface area contributed by atoms with E-state index in [2.05, 4.69) is 40.5 Å². The number of fused-ring (bicyclic) bond motifs is 3. The second-order valence-corrected chi connectivity index (χ2v) is 10.4. The fourth-order valence-corrected chi connectivity index (χ4v) is 5.48. The molecule has 4 aromatic heterocycles. The van der Waals surface area contributed by atoms with Crippen LogP contribution >= 0.6 is 12.2 Å². The van der Waals surface area contributed by atoms with Crippen molar-refractivity contribution in [2.24, 2.45) is 7.05 Å². The van der Waals surface area contributed by atoms with Crippen LogP contribution in [0.4, 0.5) is 0 Å². The molecule has 0 bridgehead atoms. The highest BCUT2D eigenvalue weighted by Crippen LogP contribution is 2.33. The van der Waals surface area contributed by atoms with Gasteiger partial charge in [0.2, 0.25) is 4.77 Å². The number of aromatic amines is 2. The Hall–Kier alpha value is -5.64. The summed E-state index contributed by atoms with van der Waals surface area (Å²) in [6.45, 7) is 0.137. The lowest BCUT2D eigenvalue weighted by molar-refractivity contribution is 0.0930. The molecule has 2 amide bonds. The second-order valence-electron chi connectivity index (χ2n) is 10.0. The Balaban J connectivity index is 1.13. The van der Waals surface area contributed by atoms with Gasteiger partial charge in [0.25, 0.3) is 17.6 Å². The molecule has 0 radical (unpaired) electrons. The summed E-state index contributed by atoms with van der Waals surface area (Å²) in [5.74, 6) is -1.72. The van der Waals surface area contributed by atoms with Crippen LogP contribution in [-0.4, -0.2) is 46.1 Å². The van der Waals surface area contributed by atoms with Crippen molar-refractivity contribution in [3.8, 4) is 11.4 Å². The number of carbonyl (C=O) groups excluding carboxylic acids is 2. The molecule has 0 saturated heterocycles. The molecule has 15 nitrogen and oxygen atoms in total. The molecule has 216 valence electrons. The molecule has 16 heteroatoms. The zero-order valence-corrected chi connectivity index (χ0v) is 23.2. The van der Waals surface area contributed by atoms with Crippen molar-refractivity contribution in [3.63, 3.8) is 0 Å². The number of nitrogens with one attached hydrogen (secondary N) is 4. The third-order valence-electron chi connectivity index (χ3n) is 7.40. The number of rotatable bonds is 6. The topological polar surface area (TPSA) is 198 Å². The highest BCUT2D eigenvalue weighted by Gasteiger charge is 2.27. The fraction of sp³-hybridized carbons (Fsp3) is 0.185. The molecular weight excluding hydrogens is 578 g/mol. The molecule has 0 saturated carbocycles. The van der Waals surface area contributed by atoms with E-state index in [9.17, 15) is 19.2 Å². The van der Waals surface area contributed by atoms with Crippen LogP contribution in [0.1, 0.15) is 50.1 Å². The lowest BCUT2D eigenvalue weighted by atomic mass is 10.0. The van der Waals surface area contributed by atoms with E-state index in [1.165, 1.54) is 15.0 Å². The highest BCUT2D eigenvalue weighted by atomic mass is 32.1. The third kappa shape index (κ3) is 4.62. The van der Waals surface area contributed by atoms with Crippen molar-refractivity contribution < 1.29 is 18.5 Å². The Bertz CT molecular complexity index is 2270. The molecule has 0 spiro atoms. The summed E-state index contributed by atoms with van der Waals surface area (Å²) in [7, 11) is 1.60. The van der Waals surface area contributed by atoms with Gasteiger partial charge in [-0.05, 0) is 66.0 Å². The van der Waals surface area contributed by atoms with Gasteiger partial charge in [-0.3, -0.25) is 23.7 Å².